The number of aromatic nitrogens is 4. The van der Waals surface area contributed by atoms with Gasteiger partial charge in [-0.3, -0.25) is 14.4 Å². The Hall–Kier alpha value is -2.23. The smallest absolute Gasteiger partial charge is 0.281 e. The van der Waals surface area contributed by atoms with Gasteiger partial charge >= 0.3 is 0 Å². The molecule has 156 valence electrons. The third kappa shape index (κ3) is 4.36. The number of pyridine rings is 1. The highest BCUT2D eigenvalue weighted by molar-refractivity contribution is 6.30. The van der Waals surface area contributed by atoms with Crippen molar-refractivity contribution in [1.29, 1.82) is 0 Å². The summed E-state index contributed by atoms with van der Waals surface area (Å²) in [6.45, 7) is 0. The second-order valence-corrected chi connectivity index (χ2v) is 7.77. The van der Waals surface area contributed by atoms with Crippen LogP contribution in [0.2, 0.25) is 5.15 Å². The monoisotopic (exact) mass is 424 g/mol. The minimum Gasteiger partial charge on any atom is -0.374 e. The van der Waals surface area contributed by atoms with Gasteiger partial charge in [-0.2, -0.15) is 5.10 Å². The molecule has 10 heteroatoms. The summed E-state index contributed by atoms with van der Waals surface area (Å²) in [5.41, 5.74) is 0.836. The van der Waals surface area contributed by atoms with E-state index in [2.05, 4.69) is 20.7 Å². The minimum atomic E-state index is -2.59. The van der Waals surface area contributed by atoms with Gasteiger partial charge in [0.15, 0.2) is 5.15 Å². The zero-order valence-electron chi connectivity index (χ0n) is 15.9. The lowest BCUT2D eigenvalue weighted by Crippen LogP contribution is -2.39. The molecule has 3 heterocycles. The SMILES string of the molecule is Cn1cc(C(O)NC2CCC(Nc3cccc4nc(C(F)F)cn34)CC2)c(Cl)n1. The fourth-order valence-electron chi connectivity index (χ4n) is 3.84. The first-order valence-corrected chi connectivity index (χ1v) is 9.94. The number of hydrogen-bond donors (Lipinski definition) is 3. The third-order valence-corrected chi connectivity index (χ3v) is 5.61. The summed E-state index contributed by atoms with van der Waals surface area (Å²) in [6, 6.07) is 5.76. The molecule has 0 saturated heterocycles. The number of anilines is 1. The molecule has 29 heavy (non-hydrogen) atoms. The van der Waals surface area contributed by atoms with Crippen LogP contribution in [0.5, 0.6) is 0 Å². The van der Waals surface area contributed by atoms with Gasteiger partial charge in [-0.05, 0) is 37.8 Å². The second kappa shape index (κ2) is 8.25. The quantitative estimate of drug-likeness (QED) is 0.526. The van der Waals surface area contributed by atoms with Crippen LogP contribution in [0.1, 0.15) is 49.6 Å². The van der Waals surface area contributed by atoms with Gasteiger partial charge in [-0.1, -0.05) is 17.7 Å². The number of aryl methyl sites for hydroxylation is 1. The van der Waals surface area contributed by atoms with E-state index in [1.54, 1.807) is 34.5 Å². The van der Waals surface area contributed by atoms with E-state index >= 15 is 0 Å². The van der Waals surface area contributed by atoms with Gasteiger partial charge in [0.2, 0.25) is 0 Å². The molecule has 1 atom stereocenters. The van der Waals surface area contributed by atoms with E-state index in [0.717, 1.165) is 31.5 Å². The van der Waals surface area contributed by atoms with Gasteiger partial charge in [0.25, 0.3) is 6.43 Å². The molecule has 0 aromatic carbocycles. The highest BCUT2D eigenvalue weighted by atomic mass is 35.5. The summed E-state index contributed by atoms with van der Waals surface area (Å²) in [7, 11) is 1.75. The van der Waals surface area contributed by atoms with E-state index in [4.69, 9.17) is 11.6 Å². The van der Waals surface area contributed by atoms with Crippen molar-refractivity contribution < 1.29 is 13.9 Å². The highest BCUT2D eigenvalue weighted by Crippen LogP contribution is 2.27. The second-order valence-electron chi connectivity index (χ2n) is 7.42. The maximum absolute atomic E-state index is 13.0. The number of alkyl halides is 2. The van der Waals surface area contributed by atoms with Crippen molar-refractivity contribution >= 4 is 23.1 Å². The molecule has 1 saturated carbocycles. The first kappa shape index (κ1) is 20.1. The van der Waals surface area contributed by atoms with Crippen molar-refractivity contribution in [2.24, 2.45) is 7.05 Å². The maximum atomic E-state index is 13.0. The number of hydrogen-bond acceptors (Lipinski definition) is 5. The van der Waals surface area contributed by atoms with Crippen molar-refractivity contribution in [3.8, 4) is 0 Å². The lowest BCUT2D eigenvalue weighted by atomic mass is 9.91. The fourth-order valence-corrected chi connectivity index (χ4v) is 4.11. The van der Waals surface area contributed by atoms with E-state index in [0.29, 0.717) is 16.4 Å². The van der Waals surface area contributed by atoms with Crippen LogP contribution in [0.15, 0.2) is 30.6 Å². The first-order valence-electron chi connectivity index (χ1n) is 9.56. The van der Waals surface area contributed by atoms with E-state index in [1.165, 1.54) is 6.20 Å². The van der Waals surface area contributed by atoms with Crippen LogP contribution in [-0.2, 0) is 7.05 Å². The van der Waals surface area contributed by atoms with Gasteiger partial charge in [0.1, 0.15) is 23.4 Å². The normalized spacial score (nSPS) is 21.0. The molecule has 3 N–H and O–H groups in total. The lowest BCUT2D eigenvalue weighted by Gasteiger charge is -2.31. The summed E-state index contributed by atoms with van der Waals surface area (Å²) in [6.07, 6.45) is 3.14. The molecule has 0 spiro atoms. The van der Waals surface area contributed by atoms with Crippen molar-refractivity contribution in [3.63, 3.8) is 0 Å². The van der Waals surface area contributed by atoms with E-state index < -0.39 is 12.7 Å². The zero-order chi connectivity index (χ0) is 20.5. The van der Waals surface area contributed by atoms with Crippen molar-refractivity contribution in [1.82, 2.24) is 24.5 Å². The number of rotatable bonds is 6. The average Bonchev–Trinajstić information content (AvgIpc) is 3.27. The molecule has 1 aliphatic rings. The summed E-state index contributed by atoms with van der Waals surface area (Å²) < 4.78 is 29.1. The van der Waals surface area contributed by atoms with E-state index in [-0.39, 0.29) is 17.8 Å². The number of nitrogens with one attached hydrogen (secondary N) is 2. The predicted molar refractivity (Wildman–Crippen MR) is 106 cm³/mol. The van der Waals surface area contributed by atoms with Crippen LogP contribution < -0.4 is 10.6 Å². The summed E-state index contributed by atoms with van der Waals surface area (Å²) in [5.74, 6) is 0.750. The van der Waals surface area contributed by atoms with Crippen LogP contribution in [0.3, 0.4) is 0 Å². The van der Waals surface area contributed by atoms with Gasteiger partial charge < -0.3 is 10.4 Å². The Kier molecular flexibility index (Phi) is 5.71. The first-order chi connectivity index (χ1) is 13.9. The van der Waals surface area contributed by atoms with Crippen molar-refractivity contribution in [2.45, 2.75) is 50.4 Å². The van der Waals surface area contributed by atoms with E-state index in [9.17, 15) is 13.9 Å². The molecule has 0 aliphatic heterocycles. The maximum Gasteiger partial charge on any atom is 0.281 e. The minimum absolute atomic E-state index is 0.161. The van der Waals surface area contributed by atoms with Crippen molar-refractivity contribution in [2.75, 3.05) is 5.32 Å². The van der Waals surface area contributed by atoms with Crippen LogP contribution in [0, 0.1) is 0 Å². The topological polar surface area (TPSA) is 79.4 Å². The molecule has 0 bridgehead atoms. The van der Waals surface area contributed by atoms with Crippen molar-refractivity contribution in [3.05, 3.63) is 47.0 Å². The van der Waals surface area contributed by atoms with Gasteiger partial charge in [-0.15, -0.1) is 0 Å². The number of fused-ring (bicyclic) bond motifs is 1. The highest BCUT2D eigenvalue weighted by Gasteiger charge is 2.25. The molecule has 3 aromatic heterocycles. The van der Waals surface area contributed by atoms with Crippen LogP contribution >= 0.6 is 11.6 Å². The molecular weight excluding hydrogens is 402 g/mol. The summed E-state index contributed by atoms with van der Waals surface area (Å²) >= 11 is 6.04. The fraction of sp³-hybridized carbons (Fsp3) is 0.474. The lowest BCUT2D eigenvalue weighted by molar-refractivity contribution is 0.113. The molecule has 1 fully saturated rings. The molecule has 4 rings (SSSR count). The van der Waals surface area contributed by atoms with Gasteiger partial charge in [-0.25, -0.2) is 13.8 Å². The molecular formula is C19H23ClF2N6O. The number of aliphatic hydroxyl groups excluding tert-OH is 1. The number of imidazole rings is 1. The molecule has 7 nitrogen and oxygen atoms in total. The Morgan fingerprint density at radius 2 is 1.90 bits per heavy atom. The zero-order valence-corrected chi connectivity index (χ0v) is 16.7. The molecule has 3 aromatic rings. The Morgan fingerprint density at radius 1 is 1.17 bits per heavy atom. The van der Waals surface area contributed by atoms with Crippen LogP contribution in [0.4, 0.5) is 14.6 Å². The molecule has 0 amide bonds. The van der Waals surface area contributed by atoms with Gasteiger partial charge in [0.05, 0.1) is 5.56 Å². The summed E-state index contributed by atoms with van der Waals surface area (Å²) in [5, 5.41) is 21.4. The predicted octanol–water partition coefficient (Wildman–Crippen LogP) is 3.66. The van der Waals surface area contributed by atoms with E-state index in [1.807, 2.05) is 6.07 Å². The average molecular weight is 425 g/mol. The number of aliphatic hydroxyl groups is 1. The largest absolute Gasteiger partial charge is 0.374 e. The Labute approximate surface area is 171 Å². The Balaban J connectivity index is 1.35. The summed E-state index contributed by atoms with van der Waals surface area (Å²) in [4.78, 5) is 3.97. The third-order valence-electron chi connectivity index (χ3n) is 5.31. The van der Waals surface area contributed by atoms with Crippen LogP contribution in [-0.4, -0.2) is 36.4 Å². The van der Waals surface area contributed by atoms with Gasteiger partial charge in [0, 0.05) is 31.5 Å². The molecule has 1 aliphatic carbocycles. The standard InChI is InChI=1S/C19H23ClF2N6O/c1-27-9-13(17(20)26-27)19(29)24-12-7-5-11(6-8-12)23-15-3-2-4-16-25-14(18(21)22)10-28(15)16/h2-4,9-12,18-19,23-24,29H,5-8H2,1H3. The number of halogens is 3. The molecule has 0 radical (unpaired) electrons. The Morgan fingerprint density at radius 3 is 2.55 bits per heavy atom. The molecule has 1 unspecified atom stereocenters. The van der Waals surface area contributed by atoms with Crippen LogP contribution in [0.25, 0.3) is 5.65 Å². The Bertz CT molecular complexity index is 982. The number of nitrogens with zero attached hydrogens (tertiary/aromatic N) is 4.